The first kappa shape index (κ1) is 14.9. The van der Waals surface area contributed by atoms with Gasteiger partial charge < -0.3 is 10.2 Å². The number of nitrogens with one attached hydrogen (secondary N) is 2. The Kier molecular flexibility index (Phi) is 3.73. The van der Waals surface area contributed by atoms with Gasteiger partial charge in [0.1, 0.15) is 0 Å². The zero-order chi connectivity index (χ0) is 15.9. The van der Waals surface area contributed by atoms with Gasteiger partial charge in [0, 0.05) is 18.3 Å². The summed E-state index contributed by atoms with van der Waals surface area (Å²) < 4.78 is 0. The minimum Gasteiger partial charge on any atom is -0.331 e. The molecule has 4 rings (SSSR count). The van der Waals surface area contributed by atoms with Crippen molar-refractivity contribution < 1.29 is 4.79 Å². The lowest BCUT2D eigenvalue weighted by Crippen LogP contribution is -2.39. The number of thiophene rings is 1. The number of carbonyl (C=O) groups is 1. The molecule has 0 bridgehead atoms. The van der Waals surface area contributed by atoms with Crippen LogP contribution in [-0.2, 0) is 6.54 Å². The fourth-order valence-corrected chi connectivity index (χ4v) is 4.51. The number of hydrogen-bond donors (Lipinski definition) is 2. The molecular formula is C17H22N4OS. The molecule has 2 fully saturated rings. The molecule has 2 aliphatic rings. The van der Waals surface area contributed by atoms with Gasteiger partial charge in [0.25, 0.3) is 5.91 Å². The Balaban J connectivity index is 1.59. The third-order valence-corrected chi connectivity index (χ3v) is 6.11. The molecule has 1 atom stereocenters. The molecule has 1 spiro atoms. The van der Waals surface area contributed by atoms with Crippen molar-refractivity contribution >= 4 is 17.2 Å². The van der Waals surface area contributed by atoms with Crippen molar-refractivity contribution in [1.82, 2.24) is 20.4 Å². The highest BCUT2D eigenvalue weighted by Crippen LogP contribution is 2.56. The summed E-state index contributed by atoms with van der Waals surface area (Å²) in [5.41, 5.74) is 3.12. The Bertz CT molecular complexity index is 687. The van der Waals surface area contributed by atoms with Gasteiger partial charge in [0.2, 0.25) is 0 Å². The van der Waals surface area contributed by atoms with Crippen LogP contribution in [0.25, 0.3) is 0 Å². The molecule has 1 aliphatic heterocycles. The zero-order valence-corrected chi connectivity index (χ0v) is 14.2. The lowest BCUT2D eigenvalue weighted by molar-refractivity contribution is 0.0692. The maximum atomic E-state index is 13.1. The largest absolute Gasteiger partial charge is 0.331 e. The summed E-state index contributed by atoms with van der Waals surface area (Å²) in [6.45, 7) is 4.76. The summed E-state index contributed by atoms with van der Waals surface area (Å²) in [5, 5.41) is 14.6. The SMILES string of the molecule is Cc1[nH]ncc1C(=O)N(Cc1ccsc1)C1CC12CCNCC2. The highest BCUT2D eigenvalue weighted by molar-refractivity contribution is 7.07. The predicted molar refractivity (Wildman–Crippen MR) is 90.5 cm³/mol. The van der Waals surface area contributed by atoms with Gasteiger partial charge in [0.05, 0.1) is 11.8 Å². The van der Waals surface area contributed by atoms with Crippen LogP contribution in [0, 0.1) is 12.3 Å². The molecule has 0 radical (unpaired) electrons. The molecule has 2 N–H and O–H groups in total. The van der Waals surface area contributed by atoms with Crippen molar-refractivity contribution in [1.29, 1.82) is 0 Å². The molecular weight excluding hydrogens is 308 g/mol. The van der Waals surface area contributed by atoms with Crippen LogP contribution in [0.2, 0.25) is 0 Å². The monoisotopic (exact) mass is 330 g/mol. The summed E-state index contributed by atoms with van der Waals surface area (Å²) >= 11 is 1.69. The lowest BCUT2D eigenvalue weighted by atomic mass is 9.93. The number of piperidine rings is 1. The van der Waals surface area contributed by atoms with Crippen molar-refractivity contribution in [3.05, 3.63) is 39.8 Å². The molecule has 122 valence electrons. The summed E-state index contributed by atoms with van der Waals surface area (Å²) in [7, 11) is 0. The molecule has 2 aromatic rings. The van der Waals surface area contributed by atoms with Gasteiger partial charge in [-0.2, -0.15) is 16.4 Å². The quantitative estimate of drug-likeness (QED) is 0.906. The van der Waals surface area contributed by atoms with Crippen LogP contribution >= 0.6 is 11.3 Å². The van der Waals surface area contributed by atoms with Crippen LogP contribution in [0.3, 0.4) is 0 Å². The molecule has 1 amide bonds. The average molecular weight is 330 g/mol. The van der Waals surface area contributed by atoms with Gasteiger partial charge in [-0.1, -0.05) is 0 Å². The molecule has 3 heterocycles. The molecule has 1 unspecified atom stereocenters. The summed E-state index contributed by atoms with van der Waals surface area (Å²) in [6.07, 6.45) is 5.15. The van der Waals surface area contributed by atoms with Crippen molar-refractivity contribution in [2.45, 2.75) is 38.8 Å². The van der Waals surface area contributed by atoms with Crippen LogP contribution < -0.4 is 5.32 Å². The minimum absolute atomic E-state index is 0.114. The number of aromatic amines is 1. The normalized spacial score (nSPS) is 22.2. The molecule has 6 heteroatoms. The standard InChI is InChI=1S/C17H22N4OS/c1-12-14(9-19-20-12)16(22)21(10-13-2-7-23-11-13)15-8-17(15)3-5-18-6-4-17/h2,7,9,11,15,18H,3-6,8,10H2,1H3,(H,19,20). The van der Waals surface area contributed by atoms with E-state index in [-0.39, 0.29) is 5.91 Å². The first-order valence-electron chi connectivity index (χ1n) is 8.22. The van der Waals surface area contributed by atoms with E-state index in [1.54, 1.807) is 17.5 Å². The Morgan fingerprint density at radius 2 is 2.30 bits per heavy atom. The molecule has 1 saturated carbocycles. The van der Waals surface area contributed by atoms with E-state index in [4.69, 9.17) is 0 Å². The molecule has 23 heavy (non-hydrogen) atoms. The zero-order valence-electron chi connectivity index (χ0n) is 13.3. The predicted octanol–water partition coefficient (Wildman–Crippen LogP) is 2.56. The van der Waals surface area contributed by atoms with Gasteiger partial charge in [0.15, 0.2) is 0 Å². The Morgan fingerprint density at radius 1 is 1.48 bits per heavy atom. The smallest absolute Gasteiger partial charge is 0.257 e. The Morgan fingerprint density at radius 3 is 2.96 bits per heavy atom. The number of nitrogens with zero attached hydrogens (tertiary/aromatic N) is 2. The number of carbonyl (C=O) groups excluding carboxylic acids is 1. The molecule has 5 nitrogen and oxygen atoms in total. The van der Waals surface area contributed by atoms with Gasteiger partial charge in [-0.3, -0.25) is 9.89 Å². The fourth-order valence-electron chi connectivity index (χ4n) is 3.85. The average Bonchev–Trinajstić information content (AvgIpc) is 2.97. The molecule has 2 aromatic heterocycles. The first-order valence-corrected chi connectivity index (χ1v) is 9.17. The lowest BCUT2D eigenvalue weighted by Gasteiger charge is -2.29. The third-order valence-electron chi connectivity index (χ3n) is 5.38. The second kappa shape index (κ2) is 5.76. The van der Waals surface area contributed by atoms with E-state index >= 15 is 0 Å². The second-order valence-electron chi connectivity index (χ2n) is 6.81. The van der Waals surface area contributed by atoms with Gasteiger partial charge in [-0.25, -0.2) is 0 Å². The number of rotatable bonds is 4. The first-order chi connectivity index (χ1) is 11.2. The molecule has 1 aliphatic carbocycles. The van der Waals surface area contributed by atoms with E-state index in [0.29, 0.717) is 23.6 Å². The summed E-state index contributed by atoms with van der Waals surface area (Å²) in [6, 6.07) is 2.48. The van der Waals surface area contributed by atoms with E-state index < -0.39 is 0 Å². The molecule has 0 aromatic carbocycles. The third kappa shape index (κ3) is 2.70. The van der Waals surface area contributed by atoms with E-state index in [1.165, 1.54) is 18.4 Å². The van der Waals surface area contributed by atoms with E-state index in [2.05, 4.69) is 37.2 Å². The second-order valence-corrected chi connectivity index (χ2v) is 7.59. The number of H-pyrrole nitrogens is 1. The van der Waals surface area contributed by atoms with Gasteiger partial charge in [-0.05, 0) is 67.1 Å². The van der Waals surface area contributed by atoms with Crippen molar-refractivity contribution in [2.75, 3.05) is 13.1 Å². The van der Waals surface area contributed by atoms with Crippen LogP contribution in [0.1, 0.15) is 40.9 Å². The fraction of sp³-hybridized carbons (Fsp3) is 0.529. The highest BCUT2D eigenvalue weighted by atomic mass is 32.1. The molecule has 1 saturated heterocycles. The maximum absolute atomic E-state index is 13.1. The van der Waals surface area contributed by atoms with Crippen molar-refractivity contribution in [2.24, 2.45) is 5.41 Å². The van der Waals surface area contributed by atoms with Crippen LogP contribution in [0.15, 0.2) is 23.0 Å². The van der Waals surface area contributed by atoms with Crippen LogP contribution in [0.5, 0.6) is 0 Å². The number of amides is 1. The van der Waals surface area contributed by atoms with Gasteiger partial charge in [-0.15, -0.1) is 0 Å². The number of aryl methyl sites for hydroxylation is 1. The summed E-state index contributed by atoms with van der Waals surface area (Å²) in [4.78, 5) is 15.2. The summed E-state index contributed by atoms with van der Waals surface area (Å²) in [5.74, 6) is 0.114. The van der Waals surface area contributed by atoms with E-state index in [1.807, 2.05) is 6.92 Å². The van der Waals surface area contributed by atoms with E-state index in [9.17, 15) is 4.79 Å². The Hall–Kier alpha value is -1.66. The Labute approximate surface area is 140 Å². The highest BCUT2D eigenvalue weighted by Gasteiger charge is 2.57. The number of hydrogen-bond acceptors (Lipinski definition) is 4. The minimum atomic E-state index is 0.114. The van der Waals surface area contributed by atoms with Crippen molar-refractivity contribution in [3.63, 3.8) is 0 Å². The van der Waals surface area contributed by atoms with Crippen molar-refractivity contribution in [3.8, 4) is 0 Å². The van der Waals surface area contributed by atoms with Crippen LogP contribution in [0.4, 0.5) is 0 Å². The number of aromatic nitrogens is 2. The van der Waals surface area contributed by atoms with Gasteiger partial charge >= 0.3 is 0 Å². The van der Waals surface area contributed by atoms with Crippen LogP contribution in [-0.4, -0.2) is 40.1 Å². The maximum Gasteiger partial charge on any atom is 0.257 e. The van der Waals surface area contributed by atoms with E-state index in [0.717, 1.165) is 25.2 Å². The topological polar surface area (TPSA) is 61.0 Å².